The van der Waals surface area contributed by atoms with Gasteiger partial charge in [0.05, 0.1) is 16.2 Å². The minimum absolute atomic E-state index is 0.106. The smallest absolute Gasteiger partial charge is 0.260 e. The van der Waals surface area contributed by atoms with Crippen molar-refractivity contribution in [3.63, 3.8) is 0 Å². The zero-order valence-electron chi connectivity index (χ0n) is 8.62. The molecule has 94 valence electrons. The molecule has 1 heterocycles. The fourth-order valence-electron chi connectivity index (χ4n) is 1.12. The Bertz CT molecular complexity index is 612. The first-order valence-electron chi connectivity index (χ1n) is 4.58. The second-order valence-corrected chi connectivity index (χ2v) is 4.85. The molecular weight excluding hydrogens is 348 g/mol. The average molecular weight is 353 g/mol. The molecule has 0 spiro atoms. The van der Waals surface area contributed by atoms with Gasteiger partial charge in [-0.2, -0.15) is 9.37 Å². The predicted molar refractivity (Wildman–Crippen MR) is 70.6 cm³/mol. The van der Waals surface area contributed by atoms with Gasteiger partial charge < -0.3 is 10.5 Å². The first kappa shape index (κ1) is 13.3. The zero-order valence-corrected chi connectivity index (χ0v) is 11.7. The van der Waals surface area contributed by atoms with Gasteiger partial charge in [0, 0.05) is 10.5 Å². The monoisotopic (exact) mass is 351 g/mol. The lowest BCUT2D eigenvalue weighted by atomic mass is 10.3. The molecule has 0 amide bonds. The van der Waals surface area contributed by atoms with Crippen LogP contribution in [0.4, 0.5) is 10.3 Å². The summed E-state index contributed by atoms with van der Waals surface area (Å²) in [6, 6.07) is 2.97. The maximum atomic E-state index is 13.4. The van der Waals surface area contributed by atoms with Crippen molar-refractivity contribution < 1.29 is 9.13 Å². The molecule has 8 heteroatoms. The van der Waals surface area contributed by atoms with E-state index >= 15 is 0 Å². The molecule has 0 aliphatic rings. The van der Waals surface area contributed by atoms with Gasteiger partial charge in [-0.1, -0.05) is 23.2 Å². The van der Waals surface area contributed by atoms with Gasteiger partial charge in [0.25, 0.3) is 5.88 Å². The molecule has 0 aliphatic heterocycles. The fourth-order valence-corrected chi connectivity index (χ4v) is 1.95. The summed E-state index contributed by atoms with van der Waals surface area (Å²) < 4.78 is 19.2. The zero-order chi connectivity index (χ0) is 13.3. The Labute approximate surface area is 120 Å². The van der Waals surface area contributed by atoms with E-state index in [0.29, 0.717) is 9.50 Å². The van der Waals surface area contributed by atoms with Crippen LogP contribution in [0.15, 0.2) is 22.8 Å². The molecule has 0 atom stereocenters. The van der Waals surface area contributed by atoms with Crippen molar-refractivity contribution in [3.8, 4) is 11.6 Å². The Morgan fingerprint density at radius 1 is 1.28 bits per heavy atom. The highest BCUT2D eigenvalue weighted by Gasteiger charge is 2.12. The van der Waals surface area contributed by atoms with E-state index in [-0.39, 0.29) is 22.6 Å². The molecule has 2 aromatic rings. The maximum Gasteiger partial charge on any atom is 0.260 e. The maximum absolute atomic E-state index is 13.4. The van der Waals surface area contributed by atoms with Crippen molar-refractivity contribution in [2.24, 2.45) is 0 Å². The Hall–Kier alpha value is -1.11. The standard InChI is InChI=1S/C10H5BrCl2FN3O/c11-4-1-6(13)8(2-5(4)12)18-9-7(14)3-16-10(15)17-9/h1-3H,(H2,15,16,17). The molecule has 2 N–H and O–H groups in total. The Kier molecular flexibility index (Phi) is 3.89. The molecular formula is C10H5BrCl2FN3O. The minimum Gasteiger partial charge on any atom is -0.435 e. The van der Waals surface area contributed by atoms with Crippen LogP contribution in [0, 0.1) is 5.82 Å². The number of hydrogen-bond acceptors (Lipinski definition) is 4. The number of benzene rings is 1. The van der Waals surface area contributed by atoms with Gasteiger partial charge in [0.1, 0.15) is 5.75 Å². The van der Waals surface area contributed by atoms with Crippen LogP contribution in [0.1, 0.15) is 0 Å². The first-order valence-corrected chi connectivity index (χ1v) is 6.12. The number of anilines is 1. The van der Waals surface area contributed by atoms with Gasteiger partial charge in [-0.25, -0.2) is 4.98 Å². The SMILES string of the molecule is Nc1ncc(F)c(Oc2cc(Cl)c(Br)cc2Cl)n1. The van der Waals surface area contributed by atoms with Crippen LogP contribution in [0.25, 0.3) is 0 Å². The highest BCUT2D eigenvalue weighted by atomic mass is 79.9. The lowest BCUT2D eigenvalue weighted by Crippen LogP contribution is -1.99. The van der Waals surface area contributed by atoms with E-state index in [1.807, 2.05) is 0 Å². The van der Waals surface area contributed by atoms with Crippen molar-refractivity contribution in [1.29, 1.82) is 0 Å². The van der Waals surface area contributed by atoms with Crippen LogP contribution in [-0.2, 0) is 0 Å². The topological polar surface area (TPSA) is 61.0 Å². The third-order valence-corrected chi connectivity index (χ3v) is 3.40. The van der Waals surface area contributed by atoms with Crippen LogP contribution in [0.5, 0.6) is 11.6 Å². The largest absolute Gasteiger partial charge is 0.435 e. The molecule has 1 aromatic carbocycles. The van der Waals surface area contributed by atoms with E-state index in [4.69, 9.17) is 33.7 Å². The lowest BCUT2D eigenvalue weighted by molar-refractivity contribution is 0.421. The van der Waals surface area contributed by atoms with E-state index in [1.165, 1.54) is 12.1 Å². The second-order valence-electron chi connectivity index (χ2n) is 3.18. The number of hydrogen-bond donors (Lipinski definition) is 1. The van der Waals surface area contributed by atoms with Gasteiger partial charge >= 0.3 is 0 Å². The average Bonchev–Trinajstić information content (AvgIpc) is 2.30. The molecule has 2 rings (SSSR count). The van der Waals surface area contributed by atoms with Crippen LogP contribution >= 0.6 is 39.1 Å². The quantitative estimate of drug-likeness (QED) is 0.828. The molecule has 1 aromatic heterocycles. The fraction of sp³-hybridized carbons (Fsp3) is 0. The number of nitrogens with two attached hydrogens (primary N) is 1. The van der Waals surface area contributed by atoms with Crippen molar-refractivity contribution >= 4 is 45.1 Å². The summed E-state index contributed by atoms with van der Waals surface area (Å²) in [5.41, 5.74) is 5.34. The normalized spacial score (nSPS) is 10.4. The Morgan fingerprint density at radius 3 is 2.72 bits per heavy atom. The predicted octanol–water partition coefficient (Wildman–Crippen LogP) is 4.06. The van der Waals surface area contributed by atoms with Crippen molar-refractivity contribution in [2.45, 2.75) is 0 Å². The summed E-state index contributed by atoms with van der Waals surface area (Å²) in [6.45, 7) is 0. The van der Waals surface area contributed by atoms with E-state index in [1.54, 1.807) is 0 Å². The number of halogens is 4. The van der Waals surface area contributed by atoms with Gasteiger partial charge in [-0.3, -0.25) is 0 Å². The lowest BCUT2D eigenvalue weighted by Gasteiger charge is -2.08. The minimum atomic E-state index is -0.751. The van der Waals surface area contributed by atoms with Crippen LogP contribution in [0.2, 0.25) is 10.0 Å². The molecule has 0 aliphatic carbocycles. The Balaban J connectivity index is 2.40. The van der Waals surface area contributed by atoms with E-state index in [2.05, 4.69) is 25.9 Å². The first-order chi connectivity index (χ1) is 8.47. The number of rotatable bonds is 2. The summed E-state index contributed by atoms with van der Waals surface area (Å²) in [4.78, 5) is 7.10. The molecule has 0 radical (unpaired) electrons. The number of nitrogens with zero attached hydrogens (tertiary/aromatic N) is 2. The summed E-state index contributed by atoms with van der Waals surface area (Å²) >= 11 is 15.0. The molecule has 0 saturated carbocycles. The van der Waals surface area contributed by atoms with Gasteiger partial charge in [0.15, 0.2) is 0 Å². The van der Waals surface area contributed by atoms with Crippen molar-refractivity contribution in [1.82, 2.24) is 9.97 Å². The summed E-state index contributed by atoms with van der Waals surface area (Å²) in [5.74, 6) is -1.00. The van der Waals surface area contributed by atoms with Crippen LogP contribution in [-0.4, -0.2) is 9.97 Å². The van der Waals surface area contributed by atoms with Gasteiger partial charge in [0.2, 0.25) is 11.8 Å². The number of aromatic nitrogens is 2. The third kappa shape index (κ3) is 2.82. The molecule has 4 nitrogen and oxygen atoms in total. The van der Waals surface area contributed by atoms with E-state index in [9.17, 15) is 4.39 Å². The highest BCUT2D eigenvalue weighted by Crippen LogP contribution is 2.36. The summed E-state index contributed by atoms with van der Waals surface area (Å²) in [7, 11) is 0. The second kappa shape index (κ2) is 5.26. The molecule has 18 heavy (non-hydrogen) atoms. The van der Waals surface area contributed by atoms with E-state index < -0.39 is 5.82 Å². The summed E-state index contributed by atoms with van der Waals surface area (Å²) in [5, 5.41) is 0.625. The number of nitrogen functional groups attached to an aromatic ring is 1. The molecule has 0 unspecified atom stereocenters. The third-order valence-electron chi connectivity index (χ3n) is 1.91. The summed E-state index contributed by atoms with van der Waals surface area (Å²) in [6.07, 6.45) is 0.909. The van der Waals surface area contributed by atoms with Crippen LogP contribution in [0.3, 0.4) is 0 Å². The molecule has 0 saturated heterocycles. The molecule has 0 fully saturated rings. The van der Waals surface area contributed by atoms with Gasteiger partial charge in [-0.05, 0) is 22.0 Å². The van der Waals surface area contributed by atoms with Crippen LogP contribution < -0.4 is 10.5 Å². The van der Waals surface area contributed by atoms with Gasteiger partial charge in [-0.15, -0.1) is 0 Å². The van der Waals surface area contributed by atoms with E-state index in [0.717, 1.165) is 6.20 Å². The highest BCUT2D eigenvalue weighted by molar-refractivity contribution is 9.10. The number of ether oxygens (including phenoxy) is 1. The molecule has 0 bridgehead atoms. The van der Waals surface area contributed by atoms with Crippen molar-refractivity contribution in [2.75, 3.05) is 5.73 Å². The Morgan fingerprint density at radius 2 is 2.00 bits per heavy atom. The van der Waals surface area contributed by atoms with Crippen molar-refractivity contribution in [3.05, 3.63) is 38.7 Å².